The molecule has 1 aliphatic carbocycles. The topological polar surface area (TPSA) is 73.2 Å². The van der Waals surface area contributed by atoms with E-state index in [9.17, 15) is 13.7 Å². The van der Waals surface area contributed by atoms with E-state index in [2.05, 4.69) is 16.5 Å². The molecule has 3 rings (SSSR count). The van der Waals surface area contributed by atoms with Gasteiger partial charge >= 0.3 is 0 Å². The summed E-state index contributed by atoms with van der Waals surface area (Å²) in [6, 6.07) is 7.92. The highest BCUT2D eigenvalue weighted by Gasteiger charge is 2.40. The van der Waals surface area contributed by atoms with Crippen LogP contribution in [0.5, 0.6) is 0 Å². The summed E-state index contributed by atoms with van der Waals surface area (Å²) in [7, 11) is -3.66. The quantitative estimate of drug-likeness (QED) is 0.918. The first-order valence-corrected chi connectivity index (χ1v) is 9.18. The van der Waals surface area contributed by atoms with Crippen molar-refractivity contribution >= 4 is 10.0 Å². The van der Waals surface area contributed by atoms with E-state index in [1.165, 1.54) is 18.9 Å². The molecule has 0 aromatic heterocycles. The molecule has 0 spiro atoms. The van der Waals surface area contributed by atoms with Crippen LogP contribution in [0.4, 0.5) is 0 Å². The highest BCUT2D eigenvalue weighted by atomic mass is 32.2. The zero-order valence-electron chi connectivity index (χ0n) is 12.9. The van der Waals surface area contributed by atoms with Gasteiger partial charge < -0.3 is 0 Å². The SMILES string of the molecule is Cc1cccc(S(=O)(=O)NC2CC(C)N(C3CC3)C2)c1C#N. The predicted octanol–water partition coefficient (Wildman–Crippen LogP) is 1.77. The largest absolute Gasteiger partial charge is 0.296 e. The zero-order chi connectivity index (χ0) is 15.9. The number of hydrogen-bond donors (Lipinski definition) is 1. The van der Waals surface area contributed by atoms with E-state index in [4.69, 9.17) is 0 Å². The van der Waals surface area contributed by atoms with Crippen molar-refractivity contribution in [2.24, 2.45) is 0 Å². The van der Waals surface area contributed by atoms with E-state index in [1.807, 2.05) is 6.07 Å². The first-order chi connectivity index (χ1) is 10.4. The average Bonchev–Trinajstić information content (AvgIpc) is 3.23. The second-order valence-corrected chi connectivity index (χ2v) is 8.07. The maximum Gasteiger partial charge on any atom is 0.242 e. The molecule has 2 fully saturated rings. The van der Waals surface area contributed by atoms with Gasteiger partial charge in [-0.05, 0) is 44.7 Å². The molecule has 2 aliphatic rings. The number of nitrogens with zero attached hydrogens (tertiary/aromatic N) is 2. The van der Waals surface area contributed by atoms with Gasteiger partial charge in [-0.2, -0.15) is 5.26 Å². The molecule has 6 heteroatoms. The Morgan fingerprint density at radius 1 is 1.36 bits per heavy atom. The van der Waals surface area contributed by atoms with Gasteiger partial charge in [0.2, 0.25) is 10.0 Å². The smallest absolute Gasteiger partial charge is 0.242 e. The minimum Gasteiger partial charge on any atom is -0.296 e. The Balaban J connectivity index is 1.80. The van der Waals surface area contributed by atoms with Crippen molar-refractivity contribution in [3.05, 3.63) is 29.3 Å². The first-order valence-electron chi connectivity index (χ1n) is 7.70. The lowest BCUT2D eigenvalue weighted by atomic mass is 10.1. The summed E-state index contributed by atoms with van der Waals surface area (Å²) in [6.45, 7) is 4.67. The first kappa shape index (κ1) is 15.5. The Morgan fingerprint density at radius 2 is 2.09 bits per heavy atom. The van der Waals surface area contributed by atoms with Crippen molar-refractivity contribution in [2.75, 3.05) is 6.54 Å². The van der Waals surface area contributed by atoms with Crippen LogP contribution >= 0.6 is 0 Å². The average molecular weight is 319 g/mol. The van der Waals surface area contributed by atoms with Gasteiger partial charge in [0, 0.05) is 24.7 Å². The van der Waals surface area contributed by atoms with Crippen LogP contribution in [0, 0.1) is 18.3 Å². The lowest BCUT2D eigenvalue weighted by Gasteiger charge is -2.19. The van der Waals surface area contributed by atoms with Gasteiger partial charge in [-0.15, -0.1) is 0 Å². The van der Waals surface area contributed by atoms with E-state index in [1.54, 1.807) is 19.1 Å². The molecule has 2 atom stereocenters. The van der Waals surface area contributed by atoms with E-state index in [0.29, 0.717) is 17.6 Å². The van der Waals surface area contributed by atoms with Crippen LogP contribution in [0.1, 0.15) is 37.3 Å². The zero-order valence-corrected chi connectivity index (χ0v) is 13.7. The summed E-state index contributed by atoms with van der Waals surface area (Å²) in [5, 5.41) is 9.24. The molecule has 2 unspecified atom stereocenters. The Bertz CT molecular complexity index is 719. The fourth-order valence-corrected chi connectivity index (χ4v) is 4.82. The number of nitriles is 1. The van der Waals surface area contributed by atoms with Gasteiger partial charge in [0.1, 0.15) is 11.0 Å². The molecular weight excluding hydrogens is 298 g/mol. The molecule has 1 aromatic rings. The maximum atomic E-state index is 12.6. The number of likely N-dealkylation sites (tertiary alicyclic amines) is 1. The molecule has 5 nitrogen and oxygen atoms in total. The van der Waals surface area contributed by atoms with Gasteiger partial charge in [0.25, 0.3) is 0 Å². The van der Waals surface area contributed by atoms with E-state index in [0.717, 1.165) is 13.0 Å². The van der Waals surface area contributed by atoms with Gasteiger partial charge in [-0.1, -0.05) is 12.1 Å². The van der Waals surface area contributed by atoms with Gasteiger partial charge in [0.15, 0.2) is 0 Å². The van der Waals surface area contributed by atoms with E-state index >= 15 is 0 Å². The third-order valence-corrected chi connectivity index (χ3v) is 6.16. The number of aryl methyl sites for hydroxylation is 1. The van der Waals surface area contributed by atoms with Crippen LogP contribution in [0.15, 0.2) is 23.1 Å². The summed E-state index contributed by atoms with van der Waals surface area (Å²) in [6.07, 6.45) is 3.27. The predicted molar refractivity (Wildman–Crippen MR) is 83.8 cm³/mol. The molecule has 1 saturated heterocycles. The Labute approximate surface area is 132 Å². The molecule has 1 aliphatic heterocycles. The Kier molecular flexibility index (Phi) is 3.98. The highest BCUT2D eigenvalue weighted by Crippen LogP contribution is 2.33. The summed E-state index contributed by atoms with van der Waals surface area (Å²) in [4.78, 5) is 2.49. The molecule has 1 saturated carbocycles. The third-order valence-electron chi connectivity index (χ3n) is 4.60. The summed E-state index contributed by atoms with van der Waals surface area (Å²) >= 11 is 0. The van der Waals surface area contributed by atoms with Crippen molar-refractivity contribution in [2.45, 2.75) is 56.1 Å². The third kappa shape index (κ3) is 2.89. The van der Waals surface area contributed by atoms with Crippen molar-refractivity contribution in [1.82, 2.24) is 9.62 Å². The molecular formula is C16H21N3O2S. The lowest BCUT2D eigenvalue weighted by molar-refractivity contribution is 0.256. The van der Waals surface area contributed by atoms with Crippen molar-refractivity contribution in [3.8, 4) is 6.07 Å². The number of benzene rings is 1. The monoisotopic (exact) mass is 319 g/mol. The maximum absolute atomic E-state index is 12.6. The van der Waals surface area contributed by atoms with Crippen LogP contribution in [-0.4, -0.2) is 38.0 Å². The molecule has 22 heavy (non-hydrogen) atoms. The summed E-state index contributed by atoms with van der Waals surface area (Å²) in [5.41, 5.74) is 0.921. The van der Waals surface area contributed by atoms with Gasteiger partial charge in [-0.3, -0.25) is 4.90 Å². The molecule has 0 bridgehead atoms. The molecule has 1 N–H and O–H groups in total. The minimum atomic E-state index is -3.66. The molecule has 1 aromatic carbocycles. The van der Waals surface area contributed by atoms with Crippen molar-refractivity contribution in [1.29, 1.82) is 5.26 Å². The Morgan fingerprint density at radius 3 is 2.73 bits per heavy atom. The van der Waals surface area contributed by atoms with Crippen LogP contribution < -0.4 is 4.72 Å². The normalized spacial score (nSPS) is 26.0. The van der Waals surface area contributed by atoms with Crippen molar-refractivity contribution < 1.29 is 8.42 Å². The van der Waals surface area contributed by atoms with Gasteiger partial charge in [0.05, 0.1) is 5.56 Å². The van der Waals surface area contributed by atoms with Gasteiger partial charge in [-0.25, -0.2) is 13.1 Å². The summed E-state index contributed by atoms with van der Waals surface area (Å²) in [5.74, 6) is 0. The van der Waals surface area contributed by atoms with Crippen LogP contribution in [-0.2, 0) is 10.0 Å². The Hall–Kier alpha value is -1.42. The molecule has 0 amide bonds. The highest BCUT2D eigenvalue weighted by molar-refractivity contribution is 7.89. The number of nitrogens with one attached hydrogen (secondary N) is 1. The second-order valence-electron chi connectivity index (χ2n) is 6.39. The van der Waals surface area contributed by atoms with E-state index in [-0.39, 0.29) is 16.5 Å². The molecule has 118 valence electrons. The fourth-order valence-electron chi connectivity index (χ4n) is 3.35. The molecule has 1 heterocycles. The van der Waals surface area contributed by atoms with Crippen LogP contribution in [0.3, 0.4) is 0 Å². The number of sulfonamides is 1. The number of hydrogen-bond acceptors (Lipinski definition) is 4. The minimum absolute atomic E-state index is 0.0762. The number of rotatable bonds is 4. The van der Waals surface area contributed by atoms with E-state index < -0.39 is 10.0 Å². The lowest BCUT2D eigenvalue weighted by Crippen LogP contribution is -2.38. The second kappa shape index (κ2) is 5.65. The van der Waals surface area contributed by atoms with Crippen molar-refractivity contribution in [3.63, 3.8) is 0 Å². The van der Waals surface area contributed by atoms with Crippen LogP contribution in [0.25, 0.3) is 0 Å². The standard InChI is InChI=1S/C16H21N3O2S/c1-11-4-3-5-16(15(11)9-17)22(20,21)18-13-8-12(2)19(10-13)14-6-7-14/h3-5,12-14,18H,6-8,10H2,1-2H3. The molecule has 0 radical (unpaired) electrons. The fraction of sp³-hybridized carbons (Fsp3) is 0.562. The summed E-state index contributed by atoms with van der Waals surface area (Å²) < 4.78 is 28.1. The van der Waals surface area contributed by atoms with Crippen LogP contribution in [0.2, 0.25) is 0 Å².